The maximum absolute atomic E-state index is 13.7. The van der Waals surface area contributed by atoms with Crippen molar-refractivity contribution in [3.63, 3.8) is 0 Å². The number of aliphatic hydroxyl groups is 1. The van der Waals surface area contributed by atoms with Crippen molar-refractivity contribution in [1.29, 1.82) is 0 Å². The molecule has 0 aliphatic heterocycles. The predicted molar refractivity (Wildman–Crippen MR) is 178 cm³/mol. The number of aliphatic hydroxyl groups excluding tert-OH is 1. The molecule has 0 saturated carbocycles. The van der Waals surface area contributed by atoms with Crippen LogP contribution in [0.1, 0.15) is 50.4 Å². The Balaban J connectivity index is 1.58. The first kappa shape index (κ1) is 33.4. The van der Waals surface area contributed by atoms with Crippen molar-refractivity contribution in [3.8, 4) is 0 Å². The lowest BCUT2D eigenvalue weighted by molar-refractivity contribution is 0.0830. The highest BCUT2D eigenvalue weighted by Gasteiger charge is 2.25. The molecule has 2 amide bonds. The van der Waals surface area contributed by atoms with Crippen molar-refractivity contribution in [2.75, 3.05) is 24.2 Å². The molecule has 0 heterocycles. The first-order valence-corrected chi connectivity index (χ1v) is 16.6. The topological polar surface area (TPSA) is 128 Å². The Morgan fingerprint density at radius 2 is 1.29 bits per heavy atom. The van der Waals surface area contributed by atoms with Gasteiger partial charge in [-0.15, -0.1) is 0 Å². The second-order valence-electron chi connectivity index (χ2n) is 11.1. The van der Waals surface area contributed by atoms with Gasteiger partial charge in [0.05, 0.1) is 30.1 Å². The zero-order valence-electron chi connectivity index (χ0n) is 25.7. The smallest absolute Gasteiger partial charge is 0.251 e. The van der Waals surface area contributed by atoms with Crippen molar-refractivity contribution >= 4 is 27.5 Å². The number of nitrogens with zero attached hydrogens (tertiary/aromatic N) is 1. The van der Waals surface area contributed by atoms with Gasteiger partial charge in [-0.05, 0) is 48.2 Å². The lowest BCUT2D eigenvalue weighted by atomic mass is 10.00. The molecule has 0 spiro atoms. The van der Waals surface area contributed by atoms with Gasteiger partial charge in [0.1, 0.15) is 0 Å². The molecule has 10 heteroatoms. The van der Waals surface area contributed by atoms with Crippen LogP contribution < -0.4 is 20.3 Å². The molecule has 0 aliphatic rings. The highest BCUT2D eigenvalue weighted by atomic mass is 32.2. The highest BCUT2D eigenvalue weighted by Crippen LogP contribution is 2.22. The third-order valence-corrected chi connectivity index (χ3v) is 8.76. The summed E-state index contributed by atoms with van der Waals surface area (Å²) in [6.45, 7) is 2.60. The summed E-state index contributed by atoms with van der Waals surface area (Å²) in [6, 6.07) is 32.0. The number of rotatable bonds is 14. The standard InChI is InChI=1S/C35H40N4O5S/c1-25(28-17-11-6-12-18-28)37-34(41)29-20-30(22-31(21-29)39(2)45(3,43)44)35(42)38-32(19-26-13-7-4-8-14-26)33(40)24-36-23-27-15-9-5-10-16-27/h4-18,20-22,25,32-33,36,40H,19,23-24H2,1-3H3,(H,37,41)(H,38,42). The number of carbonyl (C=O) groups excluding carboxylic acids is 2. The van der Waals surface area contributed by atoms with E-state index in [1.165, 1.54) is 25.2 Å². The van der Waals surface area contributed by atoms with Gasteiger partial charge in [0, 0.05) is 31.3 Å². The van der Waals surface area contributed by atoms with E-state index in [0.29, 0.717) is 13.0 Å². The van der Waals surface area contributed by atoms with Gasteiger partial charge in [0.15, 0.2) is 0 Å². The molecular formula is C35H40N4O5S. The van der Waals surface area contributed by atoms with Crippen LogP contribution in [0.15, 0.2) is 109 Å². The molecule has 4 N–H and O–H groups in total. The minimum atomic E-state index is -3.70. The summed E-state index contributed by atoms with van der Waals surface area (Å²) in [5, 5.41) is 20.3. The van der Waals surface area contributed by atoms with E-state index < -0.39 is 34.0 Å². The van der Waals surface area contributed by atoms with E-state index in [4.69, 9.17) is 0 Å². The van der Waals surface area contributed by atoms with Gasteiger partial charge < -0.3 is 21.1 Å². The van der Waals surface area contributed by atoms with E-state index in [-0.39, 0.29) is 29.4 Å². The summed E-state index contributed by atoms with van der Waals surface area (Å²) in [4.78, 5) is 27.1. The van der Waals surface area contributed by atoms with Gasteiger partial charge in [-0.1, -0.05) is 91.0 Å². The van der Waals surface area contributed by atoms with Crippen LogP contribution in [0.5, 0.6) is 0 Å². The summed E-state index contributed by atoms with van der Waals surface area (Å²) >= 11 is 0. The molecule has 4 aromatic carbocycles. The largest absolute Gasteiger partial charge is 0.390 e. The van der Waals surface area contributed by atoms with Crippen LogP contribution in [-0.2, 0) is 23.0 Å². The maximum atomic E-state index is 13.7. The van der Waals surface area contributed by atoms with Crippen LogP contribution in [0.4, 0.5) is 5.69 Å². The molecule has 9 nitrogen and oxygen atoms in total. The van der Waals surface area contributed by atoms with Gasteiger partial charge >= 0.3 is 0 Å². The number of sulfonamides is 1. The Bertz CT molecular complexity index is 1670. The van der Waals surface area contributed by atoms with Crippen molar-refractivity contribution in [2.24, 2.45) is 0 Å². The zero-order chi connectivity index (χ0) is 32.4. The molecule has 4 aromatic rings. The zero-order valence-corrected chi connectivity index (χ0v) is 26.5. The van der Waals surface area contributed by atoms with Gasteiger partial charge in [0.2, 0.25) is 10.0 Å². The molecule has 3 unspecified atom stereocenters. The van der Waals surface area contributed by atoms with Crippen LogP contribution in [0.25, 0.3) is 0 Å². The summed E-state index contributed by atoms with van der Waals surface area (Å²) in [7, 11) is -2.33. The van der Waals surface area contributed by atoms with Crippen LogP contribution in [0.2, 0.25) is 0 Å². The first-order chi connectivity index (χ1) is 21.5. The molecule has 3 atom stereocenters. The lowest BCUT2D eigenvalue weighted by Gasteiger charge is -2.25. The average Bonchev–Trinajstić information content (AvgIpc) is 3.04. The molecule has 0 bridgehead atoms. The minimum absolute atomic E-state index is 0.0861. The quantitative estimate of drug-likeness (QED) is 0.167. The van der Waals surface area contributed by atoms with Crippen molar-refractivity contribution < 1.29 is 23.1 Å². The van der Waals surface area contributed by atoms with Crippen molar-refractivity contribution in [1.82, 2.24) is 16.0 Å². The molecule has 236 valence electrons. The van der Waals surface area contributed by atoms with E-state index in [1.807, 2.05) is 97.9 Å². The van der Waals surface area contributed by atoms with E-state index in [9.17, 15) is 23.1 Å². The Hall–Kier alpha value is -4.51. The minimum Gasteiger partial charge on any atom is -0.390 e. The Kier molecular flexibility index (Phi) is 11.5. The van der Waals surface area contributed by atoms with Gasteiger partial charge in [-0.2, -0.15) is 0 Å². The summed E-state index contributed by atoms with van der Waals surface area (Å²) in [6.07, 6.45) is 0.450. The monoisotopic (exact) mass is 628 g/mol. The normalized spacial score (nSPS) is 13.3. The van der Waals surface area contributed by atoms with Crippen LogP contribution in [-0.4, -0.2) is 57.3 Å². The second-order valence-corrected chi connectivity index (χ2v) is 13.1. The number of carbonyl (C=O) groups is 2. The van der Waals surface area contributed by atoms with E-state index in [1.54, 1.807) is 0 Å². The fourth-order valence-electron chi connectivity index (χ4n) is 4.86. The molecule has 0 fully saturated rings. The van der Waals surface area contributed by atoms with Crippen LogP contribution in [0, 0.1) is 0 Å². The molecule has 0 aliphatic carbocycles. The van der Waals surface area contributed by atoms with Crippen LogP contribution in [0.3, 0.4) is 0 Å². The Labute approximate surface area is 265 Å². The number of nitrogens with one attached hydrogen (secondary N) is 3. The number of amides is 2. The SMILES string of the molecule is CC(NC(=O)c1cc(C(=O)NC(Cc2ccccc2)C(O)CNCc2ccccc2)cc(N(C)S(C)(=O)=O)c1)c1ccccc1. The van der Waals surface area contributed by atoms with Crippen molar-refractivity contribution in [3.05, 3.63) is 137 Å². The number of hydrogen-bond donors (Lipinski definition) is 4. The van der Waals surface area contributed by atoms with Gasteiger partial charge in [0.25, 0.3) is 11.8 Å². The Morgan fingerprint density at radius 3 is 1.84 bits per heavy atom. The molecule has 4 rings (SSSR count). The first-order valence-electron chi connectivity index (χ1n) is 14.7. The second kappa shape index (κ2) is 15.5. The van der Waals surface area contributed by atoms with E-state index >= 15 is 0 Å². The highest BCUT2D eigenvalue weighted by molar-refractivity contribution is 7.92. The maximum Gasteiger partial charge on any atom is 0.251 e. The van der Waals surface area contributed by atoms with Crippen molar-refractivity contribution in [2.45, 2.75) is 38.1 Å². The van der Waals surface area contributed by atoms with E-state index in [0.717, 1.165) is 27.3 Å². The van der Waals surface area contributed by atoms with Gasteiger partial charge in [-0.3, -0.25) is 13.9 Å². The third kappa shape index (κ3) is 9.74. The fraction of sp³-hybridized carbons (Fsp3) is 0.257. The molecule has 0 saturated heterocycles. The van der Waals surface area contributed by atoms with Gasteiger partial charge in [-0.25, -0.2) is 8.42 Å². The lowest BCUT2D eigenvalue weighted by Crippen LogP contribution is -2.48. The fourth-order valence-corrected chi connectivity index (χ4v) is 5.35. The molecule has 45 heavy (non-hydrogen) atoms. The van der Waals surface area contributed by atoms with E-state index in [2.05, 4.69) is 16.0 Å². The van der Waals surface area contributed by atoms with Crippen LogP contribution >= 0.6 is 0 Å². The molecule has 0 radical (unpaired) electrons. The molecular weight excluding hydrogens is 588 g/mol. The molecule has 0 aromatic heterocycles. The Morgan fingerprint density at radius 1 is 0.778 bits per heavy atom. The summed E-state index contributed by atoms with van der Waals surface area (Å²) in [5.41, 5.74) is 3.25. The average molecular weight is 629 g/mol. The number of anilines is 1. The third-order valence-electron chi connectivity index (χ3n) is 7.56. The predicted octanol–water partition coefficient (Wildman–Crippen LogP) is 4.07. The number of hydrogen-bond acceptors (Lipinski definition) is 6. The summed E-state index contributed by atoms with van der Waals surface area (Å²) in [5.74, 6) is -1.01. The number of benzene rings is 4. The summed E-state index contributed by atoms with van der Waals surface area (Å²) < 4.78 is 25.8.